The van der Waals surface area contributed by atoms with E-state index in [2.05, 4.69) is 84.6 Å². The van der Waals surface area contributed by atoms with Crippen LogP contribution in [0.15, 0.2) is 54.7 Å². The molecule has 3 aromatic carbocycles. The number of rotatable bonds is 1. The summed E-state index contributed by atoms with van der Waals surface area (Å²) in [6.07, 6.45) is 4.67. The Morgan fingerprint density at radius 1 is 0.968 bits per heavy atom. The molecule has 1 saturated heterocycles. The van der Waals surface area contributed by atoms with Crippen LogP contribution in [0.3, 0.4) is 0 Å². The number of para-hydroxylation sites is 1. The van der Waals surface area contributed by atoms with Gasteiger partial charge < -0.3 is 9.14 Å². The molecule has 0 N–H and O–H groups in total. The first kappa shape index (κ1) is 17.5. The molecule has 0 amide bonds. The van der Waals surface area contributed by atoms with E-state index in [9.17, 15) is 0 Å². The summed E-state index contributed by atoms with van der Waals surface area (Å²) >= 11 is 0. The standard InChI is InChI=1S/C28H25N2O/c1-16-13-21-20-7-4-5-8-22(20)30-23-15-19(24-9-6-12-31-24)14-18-10-11-29(3)28(26(18)23)25(17(16)2)27(21)30/h4-5,7-8,10-11,13-15,24H,6,9,12H2,1-3H3/q+1. The van der Waals surface area contributed by atoms with E-state index in [4.69, 9.17) is 4.74 Å². The lowest BCUT2D eigenvalue weighted by Crippen LogP contribution is -2.29. The third-order valence-corrected chi connectivity index (χ3v) is 7.49. The lowest BCUT2D eigenvalue weighted by Gasteiger charge is -2.17. The van der Waals surface area contributed by atoms with Crippen molar-refractivity contribution in [3.63, 3.8) is 0 Å². The van der Waals surface area contributed by atoms with Crippen LogP contribution in [0.5, 0.6) is 0 Å². The van der Waals surface area contributed by atoms with E-state index < -0.39 is 0 Å². The Kier molecular flexibility index (Phi) is 3.36. The van der Waals surface area contributed by atoms with Crippen LogP contribution in [0.2, 0.25) is 0 Å². The Labute approximate surface area is 180 Å². The maximum Gasteiger partial charge on any atom is 0.224 e. The van der Waals surface area contributed by atoms with Crippen molar-refractivity contribution in [3.8, 4) is 0 Å². The number of hydrogen-bond acceptors (Lipinski definition) is 1. The molecule has 1 fully saturated rings. The maximum atomic E-state index is 6.09. The van der Waals surface area contributed by atoms with Crippen molar-refractivity contribution in [3.05, 3.63) is 71.4 Å². The normalized spacial score (nSPS) is 17.3. The Morgan fingerprint density at radius 3 is 2.68 bits per heavy atom. The first-order chi connectivity index (χ1) is 15.1. The number of fused-ring (bicyclic) bond motifs is 5. The Hall–Kier alpha value is -3.17. The highest BCUT2D eigenvalue weighted by Crippen LogP contribution is 2.43. The highest BCUT2D eigenvalue weighted by molar-refractivity contribution is 6.26. The summed E-state index contributed by atoms with van der Waals surface area (Å²) in [5.41, 5.74) is 9.26. The summed E-state index contributed by atoms with van der Waals surface area (Å²) in [6, 6.07) is 18.2. The van der Waals surface area contributed by atoms with Crippen LogP contribution < -0.4 is 4.57 Å². The van der Waals surface area contributed by atoms with E-state index >= 15 is 0 Å². The molecular formula is C28H25N2O+. The molecule has 7 rings (SSSR count). The fourth-order valence-corrected chi connectivity index (χ4v) is 5.90. The number of benzene rings is 3. The molecule has 3 heteroatoms. The van der Waals surface area contributed by atoms with Crippen molar-refractivity contribution < 1.29 is 9.30 Å². The van der Waals surface area contributed by atoms with Gasteiger partial charge >= 0.3 is 0 Å². The van der Waals surface area contributed by atoms with Crippen molar-refractivity contribution >= 4 is 49.0 Å². The van der Waals surface area contributed by atoms with Gasteiger partial charge in [-0.3, -0.25) is 0 Å². The van der Waals surface area contributed by atoms with Crippen LogP contribution in [-0.2, 0) is 11.8 Å². The van der Waals surface area contributed by atoms with E-state index in [1.54, 1.807) is 0 Å². The number of hydrogen-bond donors (Lipinski definition) is 0. The van der Waals surface area contributed by atoms with Gasteiger partial charge in [0.25, 0.3) is 0 Å². The van der Waals surface area contributed by atoms with E-state index in [-0.39, 0.29) is 6.10 Å². The van der Waals surface area contributed by atoms with Gasteiger partial charge in [0.05, 0.1) is 33.4 Å². The molecule has 152 valence electrons. The summed E-state index contributed by atoms with van der Waals surface area (Å²) in [4.78, 5) is 0. The average molecular weight is 406 g/mol. The van der Waals surface area contributed by atoms with Gasteiger partial charge in [0.15, 0.2) is 6.20 Å². The topological polar surface area (TPSA) is 17.5 Å². The molecular weight excluding hydrogens is 380 g/mol. The quantitative estimate of drug-likeness (QED) is 0.179. The fourth-order valence-electron chi connectivity index (χ4n) is 5.90. The SMILES string of the molecule is Cc1cc2c3ccccc3n3c4cc(C5CCCO5)cc5cc[n+](C)c(c(c1C)c23)c54. The van der Waals surface area contributed by atoms with Gasteiger partial charge in [-0.15, -0.1) is 0 Å². The molecule has 4 heterocycles. The van der Waals surface area contributed by atoms with Gasteiger partial charge in [0.2, 0.25) is 5.52 Å². The molecule has 1 atom stereocenters. The minimum atomic E-state index is 0.205. The largest absolute Gasteiger partial charge is 0.374 e. The zero-order valence-corrected chi connectivity index (χ0v) is 18.2. The van der Waals surface area contributed by atoms with Gasteiger partial charge in [0.1, 0.15) is 7.05 Å². The van der Waals surface area contributed by atoms with E-state index in [0.717, 1.165) is 19.4 Å². The Balaban J connectivity index is 1.84. The van der Waals surface area contributed by atoms with Crippen molar-refractivity contribution in [2.24, 2.45) is 7.05 Å². The lowest BCUT2D eigenvalue weighted by atomic mass is 9.95. The number of ether oxygens (including phenoxy) is 1. The van der Waals surface area contributed by atoms with Gasteiger partial charge in [-0.05, 0) is 73.0 Å². The molecule has 0 aliphatic carbocycles. The zero-order chi connectivity index (χ0) is 20.9. The first-order valence-electron chi connectivity index (χ1n) is 11.3. The van der Waals surface area contributed by atoms with Crippen LogP contribution in [0, 0.1) is 13.8 Å². The predicted molar refractivity (Wildman–Crippen MR) is 127 cm³/mol. The third kappa shape index (κ3) is 2.14. The molecule has 1 unspecified atom stereocenters. The molecule has 1 aliphatic heterocycles. The van der Waals surface area contributed by atoms with Crippen molar-refractivity contribution in [1.29, 1.82) is 0 Å². The van der Waals surface area contributed by atoms with Crippen molar-refractivity contribution in [2.45, 2.75) is 32.8 Å². The van der Waals surface area contributed by atoms with Crippen molar-refractivity contribution in [2.75, 3.05) is 6.61 Å². The second-order valence-corrected chi connectivity index (χ2v) is 9.22. The fraction of sp³-hybridized carbons (Fsp3) is 0.250. The number of pyridine rings is 2. The molecule has 0 spiro atoms. The summed E-state index contributed by atoms with van der Waals surface area (Å²) < 4.78 is 10.9. The Morgan fingerprint density at radius 2 is 1.84 bits per heavy atom. The maximum absolute atomic E-state index is 6.09. The minimum absolute atomic E-state index is 0.205. The van der Waals surface area contributed by atoms with Crippen molar-refractivity contribution in [1.82, 2.24) is 4.40 Å². The summed E-state index contributed by atoms with van der Waals surface area (Å²) in [6.45, 7) is 5.38. The molecule has 0 radical (unpaired) electrons. The summed E-state index contributed by atoms with van der Waals surface area (Å²) in [5.74, 6) is 0. The minimum Gasteiger partial charge on any atom is -0.374 e. The van der Waals surface area contributed by atoms with E-state index in [1.165, 1.54) is 65.7 Å². The highest BCUT2D eigenvalue weighted by Gasteiger charge is 2.26. The number of aryl methyl sites for hydroxylation is 3. The second kappa shape index (κ2) is 5.95. The highest BCUT2D eigenvalue weighted by atomic mass is 16.5. The summed E-state index contributed by atoms with van der Waals surface area (Å²) in [5, 5.41) is 6.69. The van der Waals surface area contributed by atoms with Gasteiger partial charge in [-0.1, -0.05) is 18.2 Å². The third-order valence-electron chi connectivity index (χ3n) is 7.49. The molecule has 3 nitrogen and oxygen atoms in total. The smallest absolute Gasteiger partial charge is 0.224 e. The predicted octanol–water partition coefficient (Wildman–Crippen LogP) is 6.28. The summed E-state index contributed by atoms with van der Waals surface area (Å²) in [7, 11) is 2.18. The first-order valence-corrected chi connectivity index (χ1v) is 11.3. The van der Waals surface area contributed by atoms with Crippen LogP contribution >= 0.6 is 0 Å². The molecule has 3 aromatic heterocycles. The molecule has 0 bridgehead atoms. The molecule has 6 aromatic rings. The second-order valence-electron chi connectivity index (χ2n) is 9.22. The van der Waals surface area contributed by atoms with Crippen LogP contribution in [-0.4, -0.2) is 11.0 Å². The molecule has 31 heavy (non-hydrogen) atoms. The van der Waals surface area contributed by atoms with E-state index in [1.807, 2.05) is 0 Å². The lowest BCUT2D eigenvalue weighted by molar-refractivity contribution is -0.643. The van der Waals surface area contributed by atoms with Gasteiger partial charge in [0, 0.05) is 23.4 Å². The van der Waals surface area contributed by atoms with Gasteiger partial charge in [-0.2, -0.15) is 0 Å². The zero-order valence-electron chi connectivity index (χ0n) is 18.2. The Bertz CT molecular complexity index is 1670. The molecule has 1 aliphatic rings. The van der Waals surface area contributed by atoms with Crippen LogP contribution in [0.4, 0.5) is 0 Å². The van der Waals surface area contributed by atoms with Crippen LogP contribution in [0.25, 0.3) is 49.0 Å². The monoisotopic (exact) mass is 405 g/mol. The van der Waals surface area contributed by atoms with Crippen LogP contribution in [0.1, 0.15) is 35.6 Å². The number of nitrogens with zero attached hydrogens (tertiary/aromatic N) is 2. The van der Waals surface area contributed by atoms with Gasteiger partial charge in [-0.25, -0.2) is 4.57 Å². The number of aromatic nitrogens is 2. The molecule has 0 saturated carbocycles. The van der Waals surface area contributed by atoms with E-state index in [0.29, 0.717) is 0 Å². The average Bonchev–Trinajstić information content (AvgIpc) is 3.42.